The highest BCUT2D eigenvalue weighted by atomic mass is 35.5. The third-order valence-corrected chi connectivity index (χ3v) is 24.3. The predicted octanol–water partition coefficient (Wildman–Crippen LogP) is 19.3. The van der Waals surface area contributed by atoms with E-state index in [2.05, 4.69) is 50.0 Å². The van der Waals surface area contributed by atoms with Crippen molar-refractivity contribution in [3.63, 3.8) is 0 Å². The Bertz CT molecular complexity index is 6030. The number of rotatable bonds is 17. The van der Waals surface area contributed by atoms with Crippen LogP contribution in [-0.2, 0) is 46.4 Å². The zero-order chi connectivity index (χ0) is 82.4. The highest BCUT2D eigenvalue weighted by Crippen LogP contribution is 2.40. The minimum absolute atomic E-state index is 0.101. The summed E-state index contributed by atoms with van der Waals surface area (Å²) < 4.78 is 140. The van der Waals surface area contributed by atoms with Gasteiger partial charge in [-0.2, -0.15) is 0 Å². The number of anilines is 1. The van der Waals surface area contributed by atoms with Crippen molar-refractivity contribution in [2.75, 3.05) is 24.1 Å². The quantitative estimate of drug-likeness (QED) is 0.0322. The summed E-state index contributed by atoms with van der Waals surface area (Å²) in [4.78, 5) is 47.6. The number of aromatic amines is 1. The summed E-state index contributed by atoms with van der Waals surface area (Å²) in [5.41, 5.74) is 8.84. The number of carbonyl (C=O) groups excluding carboxylic acids is 1. The highest BCUT2D eigenvalue weighted by Gasteiger charge is 2.29. The van der Waals surface area contributed by atoms with Crippen LogP contribution in [0.15, 0.2) is 197 Å². The lowest BCUT2D eigenvalue weighted by Gasteiger charge is -2.24. The first kappa shape index (κ1) is 85.7. The van der Waals surface area contributed by atoms with Gasteiger partial charge in [0, 0.05) is 109 Å². The molecular formula is C83H87ClF4N12O8S5. The number of thioether (sulfide) groups is 1. The van der Waals surface area contributed by atoms with E-state index >= 15 is 0 Å². The number of hydrogen-bond acceptors (Lipinski definition) is 17. The van der Waals surface area contributed by atoms with Crippen molar-refractivity contribution in [3.05, 3.63) is 233 Å². The van der Waals surface area contributed by atoms with E-state index in [0.717, 1.165) is 61.5 Å². The summed E-state index contributed by atoms with van der Waals surface area (Å²) in [5.74, 6) is -0.976. The fourth-order valence-corrected chi connectivity index (χ4v) is 16.2. The van der Waals surface area contributed by atoms with Gasteiger partial charge in [-0.25, -0.2) is 91.9 Å². The minimum Gasteiger partial charge on any atom is -0.444 e. The van der Waals surface area contributed by atoms with E-state index in [4.69, 9.17) is 26.3 Å². The third-order valence-electron chi connectivity index (χ3n) is 17.5. The summed E-state index contributed by atoms with van der Waals surface area (Å²) in [7, 11) is -9.52. The topological polar surface area (TPSA) is 283 Å². The fourth-order valence-electron chi connectivity index (χ4n) is 11.9. The van der Waals surface area contributed by atoms with Gasteiger partial charge in [0.25, 0.3) is 0 Å². The number of fused-ring (bicyclic) bond motifs is 5. The molecule has 0 spiro atoms. The number of nitrogens with one attached hydrogen (secondary N) is 5. The van der Waals surface area contributed by atoms with Crippen molar-refractivity contribution in [2.45, 2.75) is 144 Å². The molecule has 13 rings (SSSR count). The van der Waals surface area contributed by atoms with Crippen molar-refractivity contribution in [2.24, 2.45) is 0 Å². The molecule has 30 heteroatoms. The summed E-state index contributed by atoms with van der Waals surface area (Å²) in [6.07, 6.45) is 6.64. The Balaban J connectivity index is 0.000000162. The molecule has 0 fully saturated rings. The van der Waals surface area contributed by atoms with E-state index in [1.807, 2.05) is 111 Å². The number of carbonyl (C=O) groups is 1. The van der Waals surface area contributed by atoms with Crippen molar-refractivity contribution < 1.29 is 52.3 Å². The lowest BCUT2D eigenvalue weighted by atomic mass is 9.98. The van der Waals surface area contributed by atoms with Gasteiger partial charge in [0.1, 0.15) is 45.9 Å². The number of pyridine rings is 4. The number of ether oxygens (including phenoxy) is 1. The molecule has 0 radical (unpaired) electrons. The number of imidazole rings is 1. The summed E-state index contributed by atoms with van der Waals surface area (Å²) in [5, 5.41) is 9.46. The number of aromatic nitrogens is 8. The second kappa shape index (κ2) is 35.3. The first-order valence-corrected chi connectivity index (χ1v) is 43.3. The average molecular weight is 1650 g/mol. The van der Waals surface area contributed by atoms with Gasteiger partial charge in [0.2, 0.25) is 0 Å². The van der Waals surface area contributed by atoms with E-state index in [9.17, 15) is 47.6 Å². The Morgan fingerprint density at radius 1 is 0.496 bits per heavy atom. The van der Waals surface area contributed by atoms with Crippen LogP contribution in [0, 0.1) is 23.3 Å². The molecule has 5 N–H and O–H groups in total. The molecule has 113 heavy (non-hydrogen) atoms. The Morgan fingerprint density at radius 2 is 0.876 bits per heavy atom. The smallest absolute Gasteiger partial charge is 0.408 e. The van der Waals surface area contributed by atoms with Crippen LogP contribution in [0.4, 0.5) is 28.2 Å². The fraction of sp³-hybridized carbons (Fsp3) is 0.277. The number of amides is 1. The van der Waals surface area contributed by atoms with Crippen molar-refractivity contribution >= 4 is 132 Å². The lowest BCUT2D eigenvalue weighted by molar-refractivity contribution is 0.0507. The number of hydrogen-bond donors (Lipinski definition) is 5. The van der Waals surface area contributed by atoms with E-state index in [1.165, 1.54) is 67.3 Å². The lowest BCUT2D eigenvalue weighted by Crippen LogP contribution is -2.35. The van der Waals surface area contributed by atoms with Gasteiger partial charge >= 0.3 is 6.09 Å². The normalized spacial score (nSPS) is 13.7. The molecule has 20 nitrogen and oxygen atoms in total. The van der Waals surface area contributed by atoms with Crippen molar-refractivity contribution in [1.29, 1.82) is 0 Å². The zero-order valence-corrected chi connectivity index (χ0v) is 69.8. The number of nitrogens with zero attached hydrogens (tertiary/aromatic N) is 7. The van der Waals surface area contributed by atoms with E-state index < -0.39 is 71.0 Å². The molecule has 0 bridgehead atoms. The van der Waals surface area contributed by atoms with Crippen LogP contribution in [-0.4, -0.2) is 105 Å². The molecule has 0 aliphatic rings. The van der Waals surface area contributed by atoms with Crippen molar-refractivity contribution in [3.8, 4) is 33.8 Å². The molecule has 592 valence electrons. The van der Waals surface area contributed by atoms with Crippen LogP contribution >= 0.6 is 23.4 Å². The van der Waals surface area contributed by atoms with Gasteiger partial charge in [0.15, 0.2) is 31.1 Å². The van der Waals surface area contributed by atoms with Crippen LogP contribution in [0.1, 0.15) is 136 Å². The van der Waals surface area contributed by atoms with Crippen LogP contribution in [0.25, 0.3) is 88.5 Å². The van der Waals surface area contributed by atoms with Gasteiger partial charge in [0.05, 0.1) is 98.8 Å². The van der Waals surface area contributed by atoms with Gasteiger partial charge in [-0.15, -0.1) is 11.8 Å². The zero-order valence-electron chi connectivity index (χ0n) is 65.0. The summed E-state index contributed by atoms with van der Waals surface area (Å²) in [6, 6.07) is 45.0. The van der Waals surface area contributed by atoms with Crippen molar-refractivity contribution in [1.82, 2.24) is 54.6 Å². The maximum atomic E-state index is 13.9. The molecule has 6 atom stereocenters. The molecule has 1 amide bonds. The molecule has 0 aliphatic carbocycles. The summed E-state index contributed by atoms with van der Waals surface area (Å²) in [6.45, 7) is 24.3. The van der Waals surface area contributed by atoms with Crippen LogP contribution in [0.3, 0.4) is 0 Å². The monoisotopic (exact) mass is 1650 g/mol. The second-order valence-corrected chi connectivity index (χ2v) is 38.9. The molecule has 0 saturated carbocycles. The van der Waals surface area contributed by atoms with Crippen LogP contribution < -0.4 is 20.1 Å². The molecule has 13 aromatic rings. The van der Waals surface area contributed by atoms with Gasteiger partial charge in [-0.1, -0.05) is 66.2 Å². The molecular weight excluding hydrogens is 1560 g/mol. The number of sulfone groups is 2. The summed E-state index contributed by atoms with van der Waals surface area (Å²) >= 11 is 7.82. The molecule has 6 heterocycles. The number of H-pyrrole nitrogens is 1. The molecule has 7 aromatic carbocycles. The Morgan fingerprint density at radius 3 is 1.30 bits per heavy atom. The van der Waals surface area contributed by atoms with E-state index in [-0.39, 0.29) is 49.0 Å². The highest BCUT2D eigenvalue weighted by molar-refractivity contribution is 7.98. The molecule has 6 aromatic heterocycles. The maximum absolute atomic E-state index is 13.9. The van der Waals surface area contributed by atoms with Crippen LogP contribution in [0.5, 0.6) is 0 Å². The van der Waals surface area contributed by atoms with E-state index in [0.29, 0.717) is 77.7 Å². The van der Waals surface area contributed by atoms with Crippen LogP contribution in [0.2, 0.25) is 5.15 Å². The SMILES string of the molecule is CC(NC(=O)OC(C)(C)C)c1cc2ccc(F)cc2nc1-c1ccccc1S(C)(=O)=O.CSc1ccccc1-c1nc2cc(F)ccc2cc1[C@H](C)N[S@](=O)C(C)(C)C.C[C@H](N[S@](=O)C(C)(C)C)c1cc2ccc(F)cc2nc1Cl.C[C@H](Nc1ncnc2nc[nH]c12)c1cc2ccc(F)cc2nc1-c1ccccc1S(C)(=O)=O. The number of alkyl carbamates (subject to hydrolysis) is 1. The number of benzene rings is 7. The minimum atomic E-state index is -3.56. The standard InChI is InChI=1S/C23H19FN6O2S.C23H25FN2O4S.C22H25FN2OS2.C15H18ClFN2OS/c1-13(29-23-21-22(26-11-25-21)27-12-28-23)17-9-14-7-8-15(24)10-18(14)30-20(17)16-5-3-4-6-19(16)33(2,31)32;1-14(25-22(27)30-23(2,3)4)18-12-15-10-11-16(24)13-19(15)26-21(18)17-8-6-7-9-20(17)31(5,28)29;1-14(25-28(26)22(2,3)4)18-12-15-10-11-16(23)13-19(15)24-21(18)17-8-6-7-9-20(17)27-5;1-9(19-21(20)15(2,3)4)12-7-10-5-6-11(17)8-13(10)18-14(12)16/h3-13H,1-2H3,(H2,25,26,27,28,29);6-14H,1-5H3,(H,25,27);6-14,25H,1-5H3;5-9,19H,1-4H3/t13-;;14-,28+;9-,21+/m0.00/s1. The van der Waals surface area contributed by atoms with Gasteiger partial charge in [-0.3, -0.25) is 0 Å². The Labute approximate surface area is 669 Å². The average Bonchev–Trinajstić information content (AvgIpc) is 1.45. The first-order chi connectivity index (χ1) is 53.0. The van der Waals surface area contributed by atoms with Gasteiger partial charge < -0.3 is 20.4 Å². The largest absolute Gasteiger partial charge is 0.444 e. The first-order valence-electron chi connectivity index (χ1n) is 35.6. The molecule has 0 aliphatic heterocycles. The second-order valence-electron chi connectivity index (χ2n) is 29.7. The molecule has 0 saturated heterocycles. The maximum Gasteiger partial charge on any atom is 0.408 e. The van der Waals surface area contributed by atoms with E-state index in [1.54, 1.807) is 112 Å². The Hall–Kier alpha value is -9.72. The molecule has 1 unspecified atom stereocenters. The Kier molecular flexibility index (Phi) is 26.8. The number of halogens is 5. The predicted molar refractivity (Wildman–Crippen MR) is 447 cm³/mol. The third kappa shape index (κ3) is 21.6. The van der Waals surface area contributed by atoms with Gasteiger partial charge in [-0.05, 0) is 193 Å².